The maximum absolute atomic E-state index is 12.5. The highest BCUT2D eigenvalue weighted by atomic mass is 35.5. The number of rotatable bonds is 4. The van der Waals surface area contributed by atoms with E-state index >= 15 is 0 Å². The quantitative estimate of drug-likeness (QED) is 0.804. The Bertz CT molecular complexity index is 598. The molecule has 1 aliphatic heterocycles. The fourth-order valence-electron chi connectivity index (χ4n) is 3.91. The number of likely N-dealkylation sites (tertiary alicyclic amines) is 1. The number of ketones is 1. The highest BCUT2D eigenvalue weighted by Crippen LogP contribution is 2.29. The lowest BCUT2D eigenvalue weighted by Crippen LogP contribution is -2.41. The number of Topliss-reactive ketones (excluding diaryl/α,β-unsaturated/α-hetero) is 1. The van der Waals surface area contributed by atoms with Crippen LogP contribution in [0, 0.1) is 11.8 Å². The molecule has 4 nitrogen and oxygen atoms in total. The van der Waals surface area contributed by atoms with Gasteiger partial charge in [0.05, 0.1) is 0 Å². The standard InChI is InChI=1S/C19H25ClN2O2.ClH/c20-16-6-4-13(5-7-16)19(24)14-8-10-22(11-9-14)18(23)12-15-2-1-3-17(15)21;/h4-7,14-15,17H,1-3,8-12,21H2;1H/t15-,17+;/m0./s1. The molecular formula is C19H26Cl2N2O2. The van der Waals surface area contributed by atoms with E-state index in [1.54, 1.807) is 24.3 Å². The van der Waals surface area contributed by atoms with Crippen molar-refractivity contribution in [2.45, 2.75) is 44.6 Å². The van der Waals surface area contributed by atoms with E-state index in [2.05, 4.69) is 0 Å². The van der Waals surface area contributed by atoms with Gasteiger partial charge in [-0.3, -0.25) is 9.59 Å². The van der Waals surface area contributed by atoms with E-state index in [1.165, 1.54) is 0 Å². The zero-order valence-electron chi connectivity index (χ0n) is 14.3. The predicted octanol–water partition coefficient (Wildman–Crippen LogP) is 3.70. The molecule has 3 rings (SSSR count). The summed E-state index contributed by atoms with van der Waals surface area (Å²) in [5.74, 6) is 0.709. The van der Waals surface area contributed by atoms with Crippen LogP contribution >= 0.6 is 24.0 Å². The second-order valence-corrected chi connectivity index (χ2v) is 7.52. The molecule has 2 N–H and O–H groups in total. The highest BCUT2D eigenvalue weighted by Gasteiger charge is 2.31. The molecule has 0 radical (unpaired) electrons. The first-order chi connectivity index (χ1) is 11.5. The molecule has 1 aromatic rings. The van der Waals surface area contributed by atoms with Crippen LogP contribution in [0.25, 0.3) is 0 Å². The molecule has 0 bridgehead atoms. The fraction of sp³-hybridized carbons (Fsp3) is 0.579. The number of hydrogen-bond acceptors (Lipinski definition) is 3. The molecule has 0 aromatic heterocycles. The Kier molecular flexibility index (Phi) is 7.29. The number of nitrogens with zero attached hydrogens (tertiary/aromatic N) is 1. The van der Waals surface area contributed by atoms with Crippen molar-refractivity contribution in [2.24, 2.45) is 17.6 Å². The van der Waals surface area contributed by atoms with Gasteiger partial charge < -0.3 is 10.6 Å². The number of halogens is 2. The maximum Gasteiger partial charge on any atom is 0.222 e. The van der Waals surface area contributed by atoms with Crippen LogP contribution in [-0.2, 0) is 4.79 Å². The smallest absolute Gasteiger partial charge is 0.222 e. The molecule has 1 saturated carbocycles. The van der Waals surface area contributed by atoms with Crippen molar-refractivity contribution in [3.8, 4) is 0 Å². The normalized spacial score (nSPS) is 24.0. The van der Waals surface area contributed by atoms with Gasteiger partial charge >= 0.3 is 0 Å². The molecule has 1 heterocycles. The van der Waals surface area contributed by atoms with E-state index in [0.717, 1.165) is 32.1 Å². The number of nitrogens with two attached hydrogens (primary N) is 1. The van der Waals surface area contributed by atoms with Crippen molar-refractivity contribution < 1.29 is 9.59 Å². The van der Waals surface area contributed by atoms with Crippen LogP contribution in [0.3, 0.4) is 0 Å². The first-order valence-electron chi connectivity index (χ1n) is 8.87. The maximum atomic E-state index is 12.5. The van der Waals surface area contributed by atoms with Gasteiger partial charge in [-0.1, -0.05) is 18.0 Å². The van der Waals surface area contributed by atoms with Gasteiger partial charge in [-0.25, -0.2) is 0 Å². The topological polar surface area (TPSA) is 63.4 Å². The zero-order chi connectivity index (χ0) is 17.1. The third-order valence-corrected chi connectivity index (χ3v) is 5.75. The average molecular weight is 385 g/mol. The number of hydrogen-bond donors (Lipinski definition) is 1. The molecule has 2 fully saturated rings. The fourth-order valence-corrected chi connectivity index (χ4v) is 4.04. The largest absolute Gasteiger partial charge is 0.343 e. The van der Waals surface area contributed by atoms with Crippen molar-refractivity contribution in [3.05, 3.63) is 34.9 Å². The number of carbonyl (C=O) groups excluding carboxylic acids is 2. The Labute approximate surface area is 160 Å². The summed E-state index contributed by atoms with van der Waals surface area (Å²) in [7, 11) is 0. The zero-order valence-corrected chi connectivity index (χ0v) is 15.9. The molecule has 1 amide bonds. The summed E-state index contributed by atoms with van der Waals surface area (Å²) in [6.45, 7) is 1.34. The minimum absolute atomic E-state index is 0. The lowest BCUT2D eigenvalue weighted by Gasteiger charge is -2.32. The summed E-state index contributed by atoms with van der Waals surface area (Å²) in [4.78, 5) is 26.9. The SMILES string of the molecule is Cl.N[C@@H]1CCC[C@H]1CC(=O)N1CCC(C(=O)c2ccc(Cl)cc2)CC1. The molecule has 25 heavy (non-hydrogen) atoms. The van der Waals surface area contributed by atoms with Crippen LogP contribution in [-0.4, -0.2) is 35.7 Å². The van der Waals surface area contributed by atoms with Gasteiger partial charge in [-0.05, 0) is 55.9 Å². The molecule has 1 saturated heterocycles. The van der Waals surface area contributed by atoms with E-state index < -0.39 is 0 Å². The Hall–Kier alpha value is -1.10. The Morgan fingerprint density at radius 1 is 1.08 bits per heavy atom. The first kappa shape index (κ1) is 20.2. The number of amides is 1. The van der Waals surface area contributed by atoms with Gasteiger partial charge in [0.2, 0.25) is 5.91 Å². The minimum Gasteiger partial charge on any atom is -0.343 e. The van der Waals surface area contributed by atoms with Crippen molar-refractivity contribution in [3.63, 3.8) is 0 Å². The van der Waals surface area contributed by atoms with E-state index in [9.17, 15) is 9.59 Å². The van der Waals surface area contributed by atoms with Crippen molar-refractivity contribution in [1.82, 2.24) is 4.90 Å². The molecule has 138 valence electrons. The second-order valence-electron chi connectivity index (χ2n) is 7.09. The van der Waals surface area contributed by atoms with Crippen LogP contribution in [0.4, 0.5) is 0 Å². The Morgan fingerprint density at radius 3 is 2.28 bits per heavy atom. The lowest BCUT2D eigenvalue weighted by molar-refractivity contribution is -0.133. The first-order valence-corrected chi connectivity index (χ1v) is 9.25. The molecule has 6 heteroatoms. The molecule has 0 unspecified atom stereocenters. The van der Waals surface area contributed by atoms with Gasteiger partial charge in [-0.2, -0.15) is 0 Å². The number of benzene rings is 1. The van der Waals surface area contributed by atoms with Crippen molar-refractivity contribution >= 4 is 35.7 Å². The van der Waals surface area contributed by atoms with Crippen LogP contribution in [0.1, 0.15) is 48.9 Å². The van der Waals surface area contributed by atoms with Crippen molar-refractivity contribution in [1.29, 1.82) is 0 Å². The van der Waals surface area contributed by atoms with E-state index in [1.807, 2.05) is 4.90 Å². The van der Waals surface area contributed by atoms with E-state index in [4.69, 9.17) is 17.3 Å². The lowest BCUT2D eigenvalue weighted by atomic mass is 9.88. The van der Waals surface area contributed by atoms with Crippen LogP contribution < -0.4 is 5.73 Å². The third-order valence-electron chi connectivity index (χ3n) is 5.50. The van der Waals surface area contributed by atoms with Gasteiger partial charge in [-0.15, -0.1) is 12.4 Å². The summed E-state index contributed by atoms with van der Waals surface area (Å²) < 4.78 is 0. The van der Waals surface area contributed by atoms with Gasteiger partial charge in [0.1, 0.15) is 0 Å². The monoisotopic (exact) mass is 384 g/mol. The second kappa shape index (κ2) is 9.02. The van der Waals surface area contributed by atoms with Crippen LogP contribution in [0.2, 0.25) is 5.02 Å². The highest BCUT2D eigenvalue weighted by molar-refractivity contribution is 6.30. The minimum atomic E-state index is 0. The number of piperidine rings is 1. The molecule has 0 spiro atoms. The predicted molar refractivity (Wildman–Crippen MR) is 102 cm³/mol. The number of carbonyl (C=O) groups is 2. The summed E-state index contributed by atoms with van der Waals surface area (Å²) in [6, 6.07) is 7.24. The van der Waals surface area contributed by atoms with Gasteiger partial charge in [0, 0.05) is 42.1 Å². The Morgan fingerprint density at radius 2 is 1.72 bits per heavy atom. The molecule has 2 atom stereocenters. The van der Waals surface area contributed by atoms with Gasteiger partial charge in [0.15, 0.2) is 5.78 Å². The van der Waals surface area contributed by atoms with Crippen molar-refractivity contribution in [2.75, 3.05) is 13.1 Å². The summed E-state index contributed by atoms with van der Waals surface area (Å²) in [5.41, 5.74) is 6.78. The third kappa shape index (κ3) is 4.96. The van der Waals surface area contributed by atoms with Crippen LogP contribution in [0.5, 0.6) is 0 Å². The molecule has 1 aliphatic carbocycles. The molecular weight excluding hydrogens is 359 g/mol. The van der Waals surface area contributed by atoms with Crippen LogP contribution in [0.15, 0.2) is 24.3 Å². The van der Waals surface area contributed by atoms with E-state index in [-0.39, 0.29) is 36.1 Å². The molecule has 1 aromatic carbocycles. The molecule has 2 aliphatic rings. The van der Waals surface area contributed by atoms with E-state index in [0.29, 0.717) is 36.0 Å². The average Bonchev–Trinajstić information content (AvgIpc) is 3.00. The summed E-state index contributed by atoms with van der Waals surface area (Å²) in [5, 5.41) is 0.636. The summed E-state index contributed by atoms with van der Waals surface area (Å²) in [6.07, 6.45) is 5.29. The van der Waals surface area contributed by atoms with Gasteiger partial charge in [0.25, 0.3) is 0 Å². The Balaban J connectivity index is 0.00000225. The summed E-state index contributed by atoms with van der Waals surface area (Å²) >= 11 is 5.87.